The first kappa shape index (κ1) is 27.8. The van der Waals surface area contributed by atoms with Crippen LogP contribution in [0.4, 0.5) is 5.69 Å². The van der Waals surface area contributed by atoms with E-state index in [1.54, 1.807) is 4.90 Å². The number of amides is 1. The third kappa shape index (κ3) is 5.98. The number of ether oxygens (including phenoxy) is 3. The molecule has 0 N–H and O–H groups in total. The lowest BCUT2D eigenvalue weighted by molar-refractivity contribution is -0.137. The number of hydrogen-bond donors (Lipinski definition) is 0. The van der Waals surface area contributed by atoms with Crippen LogP contribution < -0.4 is 15.3 Å². The van der Waals surface area contributed by atoms with Crippen LogP contribution in [-0.2, 0) is 20.8 Å². The zero-order chi connectivity index (χ0) is 28.9. The van der Waals surface area contributed by atoms with Gasteiger partial charge >= 0.3 is 5.69 Å². The van der Waals surface area contributed by atoms with E-state index in [1.807, 2.05) is 82.8 Å². The van der Waals surface area contributed by atoms with Crippen molar-refractivity contribution in [1.82, 2.24) is 14.0 Å². The van der Waals surface area contributed by atoms with Gasteiger partial charge in [-0.05, 0) is 42.8 Å². The van der Waals surface area contributed by atoms with Gasteiger partial charge in [-0.1, -0.05) is 48.5 Å². The number of carbonyl (C=O) groups excluding carboxylic acids is 1. The summed E-state index contributed by atoms with van der Waals surface area (Å²) in [6, 6.07) is 25.8. The van der Waals surface area contributed by atoms with Crippen molar-refractivity contribution in [2.45, 2.75) is 13.5 Å². The van der Waals surface area contributed by atoms with E-state index in [0.29, 0.717) is 51.8 Å². The number of hydrogen-bond acceptors (Lipinski definition) is 6. The van der Waals surface area contributed by atoms with E-state index in [9.17, 15) is 9.59 Å². The van der Waals surface area contributed by atoms with Crippen LogP contribution in [-0.4, -0.2) is 79.2 Å². The highest BCUT2D eigenvalue weighted by atomic mass is 16.5. The minimum absolute atomic E-state index is 0.0313. The van der Waals surface area contributed by atoms with Gasteiger partial charge in [0.05, 0.1) is 44.4 Å². The average Bonchev–Trinajstić information content (AvgIpc) is 3.30. The summed E-state index contributed by atoms with van der Waals surface area (Å²) in [5, 5.41) is 0. The van der Waals surface area contributed by atoms with Crippen LogP contribution in [0.3, 0.4) is 0 Å². The molecule has 0 aliphatic carbocycles. The fraction of sp³-hybridized carbons (Fsp3) is 0.333. The molecular weight excluding hydrogens is 532 g/mol. The number of rotatable bonds is 8. The Labute approximate surface area is 245 Å². The number of nitrogens with zero attached hydrogens (tertiary/aromatic N) is 4. The van der Waals surface area contributed by atoms with Crippen molar-refractivity contribution in [3.05, 3.63) is 101 Å². The van der Waals surface area contributed by atoms with Gasteiger partial charge in [-0.25, -0.2) is 4.79 Å². The van der Waals surface area contributed by atoms with Gasteiger partial charge < -0.3 is 24.0 Å². The Morgan fingerprint density at radius 3 is 2.26 bits per heavy atom. The normalized spacial score (nSPS) is 15.5. The molecule has 2 aliphatic rings. The lowest BCUT2D eigenvalue weighted by atomic mass is 10.1. The first-order valence-corrected chi connectivity index (χ1v) is 14.5. The maximum Gasteiger partial charge on any atom is 0.333 e. The van der Waals surface area contributed by atoms with Crippen LogP contribution in [0.5, 0.6) is 5.75 Å². The maximum absolute atomic E-state index is 14.2. The van der Waals surface area contributed by atoms with Crippen molar-refractivity contribution in [2.75, 3.05) is 64.1 Å². The summed E-state index contributed by atoms with van der Waals surface area (Å²) in [5.41, 5.74) is 5.41. The van der Waals surface area contributed by atoms with E-state index in [0.717, 1.165) is 47.0 Å². The van der Waals surface area contributed by atoms with E-state index in [2.05, 4.69) is 17.0 Å². The van der Waals surface area contributed by atoms with Crippen molar-refractivity contribution in [1.29, 1.82) is 0 Å². The number of morpholine rings is 2. The Bertz CT molecular complexity index is 1580. The third-order valence-electron chi connectivity index (χ3n) is 7.87. The van der Waals surface area contributed by atoms with E-state index < -0.39 is 0 Å². The molecule has 218 valence electrons. The van der Waals surface area contributed by atoms with Crippen LogP contribution in [0.15, 0.2) is 83.7 Å². The highest BCUT2D eigenvalue weighted by molar-refractivity contribution is 5.77. The Balaban J connectivity index is 1.30. The molecule has 4 aromatic rings. The zero-order valence-electron chi connectivity index (χ0n) is 23.9. The molecule has 9 nitrogen and oxygen atoms in total. The highest BCUT2D eigenvalue weighted by Crippen LogP contribution is 2.28. The smallest absolute Gasteiger partial charge is 0.333 e. The van der Waals surface area contributed by atoms with Gasteiger partial charge in [-0.2, -0.15) is 0 Å². The van der Waals surface area contributed by atoms with E-state index in [1.165, 1.54) is 0 Å². The second-order valence-corrected chi connectivity index (χ2v) is 10.6. The molecule has 0 bridgehead atoms. The Hall–Kier alpha value is -4.34. The third-order valence-corrected chi connectivity index (χ3v) is 7.87. The molecule has 2 saturated heterocycles. The second-order valence-electron chi connectivity index (χ2n) is 10.6. The van der Waals surface area contributed by atoms with Crippen LogP contribution in [0.2, 0.25) is 0 Å². The topological polar surface area (TPSA) is 78.2 Å². The molecule has 3 aromatic carbocycles. The standard InChI is InChI=1S/C33H36N4O5/c1-25-32(27-8-3-2-4-9-27)37(29-11-6-10-28(22-29)34-13-17-40-18-14-34)33(39)36(25)23-26-7-5-12-30(21-26)42-24-31(38)35-15-19-41-20-16-35/h2-12,21-22H,13-20,23-24H2,1H3. The largest absolute Gasteiger partial charge is 0.484 e. The number of benzene rings is 3. The zero-order valence-corrected chi connectivity index (χ0v) is 23.9. The van der Waals surface area contributed by atoms with E-state index >= 15 is 0 Å². The van der Waals surface area contributed by atoms with Gasteiger partial charge in [0.15, 0.2) is 6.61 Å². The molecule has 0 saturated carbocycles. The predicted molar refractivity (Wildman–Crippen MR) is 162 cm³/mol. The van der Waals surface area contributed by atoms with Crippen molar-refractivity contribution < 1.29 is 19.0 Å². The fourth-order valence-electron chi connectivity index (χ4n) is 5.62. The molecule has 1 amide bonds. The summed E-state index contributed by atoms with van der Waals surface area (Å²) < 4.78 is 20.4. The Kier molecular flexibility index (Phi) is 8.39. The van der Waals surface area contributed by atoms with Gasteiger partial charge in [0, 0.05) is 43.1 Å². The lowest BCUT2D eigenvalue weighted by Gasteiger charge is -2.29. The van der Waals surface area contributed by atoms with Crippen LogP contribution in [0.25, 0.3) is 16.9 Å². The molecule has 9 heteroatoms. The second kappa shape index (κ2) is 12.7. The summed E-state index contributed by atoms with van der Waals surface area (Å²) in [5.74, 6) is 0.542. The number of imidazole rings is 1. The van der Waals surface area contributed by atoms with Gasteiger partial charge in [-0.15, -0.1) is 0 Å². The van der Waals surface area contributed by atoms with Crippen molar-refractivity contribution >= 4 is 11.6 Å². The Morgan fingerprint density at radius 1 is 0.810 bits per heavy atom. The molecular formula is C33H36N4O5. The average molecular weight is 569 g/mol. The van der Waals surface area contributed by atoms with Gasteiger partial charge in [0.2, 0.25) is 0 Å². The molecule has 1 aromatic heterocycles. The van der Waals surface area contributed by atoms with E-state index in [-0.39, 0.29) is 18.2 Å². The minimum Gasteiger partial charge on any atom is -0.484 e. The summed E-state index contributed by atoms with van der Waals surface area (Å²) >= 11 is 0. The molecule has 2 aliphatic heterocycles. The number of carbonyl (C=O) groups is 1. The Morgan fingerprint density at radius 2 is 1.50 bits per heavy atom. The highest BCUT2D eigenvalue weighted by Gasteiger charge is 2.22. The molecule has 42 heavy (non-hydrogen) atoms. The van der Waals surface area contributed by atoms with Crippen molar-refractivity contribution in [2.24, 2.45) is 0 Å². The summed E-state index contributed by atoms with van der Waals surface area (Å²) in [6.45, 7) is 7.63. The van der Waals surface area contributed by atoms with Crippen molar-refractivity contribution in [3.63, 3.8) is 0 Å². The molecule has 6 rings (SSSR count). The van der Waals surface area contributed by atoms with Crippen LogP contribution in [0, 0.1) is 6.92 Å². The van der Waals surface area contributed by atoms with Gasteiger partial charge in [0.25, 0.3) is 5.91 Å². The fourth-order valence-corrected chi connectivity index (χ4v) is 5.62. The molecule has 0 spiro atoms. The lowest BCUT2D eigenvalue weighted by Crippen LogP contribution is -2.42. The van der Waals surface area contributed by atoms with Crippen LogP contribution in [0.1, 0.15) is 11.3 Å². The molecule has 0 atom stereocenters. The quantitative estimate of drug-likeness (QED) is 0.322. The molecule has 3 heterocycles. The molecule has 2 fully saturated rings. The van der Waals surface area contributed by atoms with Crippen molar-refractivity contribution in [3.8, 4) is 22.7 Å². The molecule has 0 radical (unpaired) electrons. The summed E-state index contributed by atoms with van der Waals surface area (Å²) in [6.07, 6.45) is 0. The SMILES string of the molecule is Cc1c(-c2ccccc2)n(-c2cccc(N3CCOCC3)c2)c(=O)n1Cc1cccc(OCC(=O)N2CCOCC2)c1. The predicted octanol–water partition coefficient (Wildman–Crippen LogP) is 3.74. The number of aromatic nitrogens is 2. The molecule has 0 unspecified atom stereocenters. The van der Waals surface area contributed by atoms with E-state index in [4.69, 9.17) is 14.2 Å². The number of anilines is 1. The monoisotopic (exact) mass is 568 g/mol. The first-order chi connectivity index (χ1) is 20.6. The minimum atomic E-state index is -0.112. The maximum atomic E-state index is 14.2. The summed E-state index contributed by atoms with van der Waals surface area (Å²) in [4.78, 5) is 30.8. The summed E-state index contributed by atoms with van der Waals surface area (Å²) in [7, 11) is 0. The first-order valence-electron chi connectivity index (χ1n) is 14.5. The van der Waals surface area contributed by atoms with Gasteiger partial charge in [0.1, 0.15) is 5.75 Å². The van der Waals surface area contributed by atoms with Gasteiger partial charge in [-0.3, -0.25) is 13.9 Å². The van der Waals surface area contributed by atoms with Crippen LogP contribution >= 0.6 is 0 Å².